The van der Waals surface area contributed by atoms with Gasteiger partial charge in [0.1, 0.15) is 12.2 Å². The number of amides is 1. The van der Waals surface area contributed by atoms with Crippen molar-refractivity contribution in [2.75, 3.05) is 0 Å². The molecule has 1 aliphatic carbocycles. The average molecular weight is 305 g/mol. The average Bonchev–Trinajstić information content (AvgIpc) is 2.77. The summed E-state index contributed by atoms with van der Waals surface area (Å²) in [7, 11) is 0. The van der Waals surface area contributed by atoms with Crippen molar-refractivity contribution in [2.45, 2.75) is 70.6 Å². The van der Waals surface area contributed by atoms with Gasteiger partial charge in [0.05, 0.1) is 6.04 Å². The number of hydrogen-bond donors (Lipinski definition) is 1. The molecule has 4 nitrogen and oxygen atoms in total. The summed E-state index contributed by atoms with van der Waals surface area (Å²) in [5.41, 5.74) is -0.395. The van der Waals surface area contributed by atoms with Gasteiger partial charge in [0, 0.05) is 0 Å². The number of carbonyl (C=O) groups excluding carboxylic acids is 1. The molecule has 0 radical (unpaired) electrons. The molecule has 1 aliphatic rings. The molecule has 1 aromatic rings. The molecule has 0 heterocycles. The van der Waals surface area contributed by atoms with Gasteiger partial charge < -0.3 is 5.11 Å². The molecule has 0 spiro atoms. The van der Waals surface area contributed by atoms with Crippen LogP contribution in [0.25, 0.3) is 0 Å². The smallest absolute Gasteiger partial charge is 0.277 e. The monoisotopic (exact) mass is 305 g/mol. The number of benzene rings is 1. The number of nitrogens with zero attached hydrogens (tertiary/aromatic N) is 1. The third-order valence-electron chi connectivity index (χ3n) is 4.09. The van der Waals surface area contributed by atoms with Crippen molar-refractivity contribution in [1.29, 1.82) is 0 Å². The van der Waals surface area contributed by atoms with Crippen LogP contribution in [0.2, 0.25) is 0 Å². The second-order valence-corrected chi connectivity index (χ2v) is 6.59. The van der Waals surface area contributed by atoms with E-state index in [-0.39, 0.29) is 11.9 Å². The third kappa shape index (κ3) is 4.82. The molecule has 1 fully saturated rings. The van der Waals surface area contributed by atoms with Gasteiger partial charge in [-0.1, -0.05) is 56.0 Å². The van der Waals surface area contributed by atoms with Crippen molar-refractivity contribution >= 4 is 5.91 Å². The minimum Gasteiger partial charge on any atom is -0.381 e. The quantitative estimate of drug-likeness (QED) is 0.669. The van der Waals surface area contributed by atoms with Crippen molar-refractivity contribution in [2.24, 2.45) is 0 Å². The van der Waals surface area contributed by atoms with Gasteiger partial charge in [-0.2, -0.15) is 0 Å². The topological polar surface area (TPSA) is 49.8 Å². The molecule has 0 bridgehead atoms. The number of hydrogen-bond acceptors (Lipinski definition) is 3. The van der Waals surface area contributed by atoms with Gasteiger partial charge in [-0.15, -0.1) is 0 Å². The van der Waals surface area contributed by atoms with Crippen LogP contribution in [0, 0.1) is 0 Å². The lowest BCUT2D eigenvalue weighted by Crippen LogP contribution is -2.49. The first kappa shape index (κ1) is 17.0. The van der Waals surface area contributed by atoms with Crippen LogP contribution in [0.15, 0.2) is 30.3 Å². The van der Waals surface area contributed by atoms with Crippen LogP contribution in [0.1, 0.15) is 57.9 Å². The second-order valence-electron chi connectivity index (χ2n) is 6.59. The summed E-state index contributed by atoms with van der Waals surface area (Å²) in [4.78, 5) is 18.4. The molecule has 0 aliphatic heterocycles. The fourth-order valence-corrected chi connectivity index (χ4v) is 2.81. The fraction of sp³-hybridized carbons (Fsp3) is 0.611. The number of carbonyl (C=O) groups is 1. The van der Waals surface area contributed by atoms with E-state index in [9.17, 15) is 9.90 Å². The number of hydroxylamine groups is 2. The van der Waals surface area contributed by atoms with E-state index >= 15 is 0 Å². The van der Waals surface area contributed by atoms with Crippen LogP contribution in [0.3, 0.4) is 0 Å². The molecule has 0 aromatic heterocycles. The molecule has 2 rings (SSSR count). The molecule has 1 amide bonds. The zero-order valence-corrected chi connectivity index (χ0v) is 13.6. The molecule has 4 heteroatoms. The van der Waals surface area contributed by atoms with Crippen LogP contribution in [0.5, 0.6) is 0 Å². The fourth-order valence-electron chi connectivity index (χ4n) is 2.81. The summed E-state index contributed by atoms with van der Waals surface area (Å²) in [6.07, 6.45) is 6.51. The molecule has 1 aromatic carbocycles. The standard InChI is InChI=1S/C18H27NO3/c1-18(2,21)17(20)19(16-12-8-3-4-9-13-16)22-14-15-10-6-5-7-11-15/h5-7,10-11,16,21H,3-4,8-9,12-14H2,1-2H3. The first-order valence-corrected chi connectivity index (χ1v) is 8.21. The molecule has 1 saturated carbocycles. The van der Waals surface area contributed by atoms with Crippen LogP contribution >= 0.6 is 0 Å². The highest BCUT2D eigenvalue weighted by atomic mass is 16.7. The SMILES string of the molecule is CC(C)(O)C(=O)N(OCc1ccccc1)C1CCCCCC1. The van der Waals surface area contributed by atoms with E-state index in [2.05, 4.69) is 0 Å². The van der Waals surface area contributed by atoms with Gasteiger partial charge >= 0.3 is 0 Å². The molecule has 22 heavy (non-hydrogen) atoms. The zero-order valence-electron chi connectivity index (χ0n) is 13.6. The normalized spacial score (nSPS) is 17.0. The van der Waals surface area contributed by atoms with Crippen molar-refractivity contribution in [1.82, 2.24) is 5.06 Å². The highest BCUT2D eigenvalue weighted by Crippen LogP contribution is 2.25. The van der Waals surface area contributed by atoms with Gasteiger partial charge in [0.25, 0.3) is 5.91 Å². The minimum absolute atomic E-state index is 0.0603. The van der Waals surface area contributed by atoms with Crippen LogP contribution in [0.4, 0.5) is 0 Å². The van der Waals surface area contributed by atoms with Crippen molar-refractivity contribution < 1.29 is 14.7 Å². The van der Waals surface area contributed by atoms with Crippen molar-refractivity contribution in [3.63, 3.8) is 0 Å². The summed E-state index contributed by atoms with van der Waals surface area (Å²) < 4.78 is 0. The summed E-state index contributed by atoms with van der Waals surface area (Å²) >= 11 is 0. The Balaban J connectivity index is 2.08. The maximum absolute atomic E-state index is 12.5. The highest BCUT2D eigenvalue weighted by molar-refractivity contribution is 5.83. The van der Waals surface area contributed by atoms with E-state index in [0.29, 0.717) is 6.61 Å². The molecule has 0 saturated heterocycles. The Bertz CT molecular complexity index is 459. The first-order valence-electron chi connectivity index (χ1n) is 8.21. The third-order valence-corrected chi connectivity index (χ3v) is 4.09. The molecular formula is C18H27NO3. The number of rotatable bonds is 5. The minimum atomic E-state index is -1.41. The number of aliphatic hydroxyl groups is 1. The lowest BCUT2D eigenvalue weighted by atomic mass is 10.0. The van der Waals surface area contributed by atoms with Gasteiger partial charge in [-0.25, -0.2) is 5.06 Å². The molecule has 0 atom stereocenters. The van der Waals surface area contributed by atoms with Crippen LogP contribution < -0.4 is 0 Å². The maximum Gasteiger partial charge on any atom is 0.277 e. The second kappa shape index (κ2) is 7.75. The van der Waals surface area contributed by atoms with E-state index in [4.69, 9.17) is 4.84 Å². The van der Waals surface area contributed by atoms with E-state index in [1.54, 1.807) is 0 Å². The first-order chi connectivity index (χ1) is 10.5. The lowest BCUT2D eigenvalue weighted by molar-refractivity contribution is -0.221. The summed E-state index contributed by atoms with van der Waals surface area (Å²) in [5.74, 6) is -0.352. The summed E-state index contributed by atoms with van der Waals surface area (Å²) in [6, 6.07) is 9.86. The predicted molar refractivity (Wildman–Crippen MR) is 85.9 cm³/mol. The molecule has 0 unspecified atom stereocenters. The Morgan fingerprint density at radius 1 is 1.18 bits per heavy atom. The van der Waals surface area contributed by atoms with Gasteiger partial charge in [0.15, 0.2) is 0 Å². The lowest BCUT2D eigenvalue weighted by Gasteiger charge is -2.33. The Hall–Kier alpha value is -1.39. The predicted octanol–water partition coefficient (Wildman–Crippen LogP) is 3.44. The van der Waals surface area contributed by atoms with Crippen LogP contribution in [-0.2, 0) is 16.2 Å². The van der Waals surface area contributed by atoms with Crippen molar-refractivity contribution in [3.05, 3.63) is 35.9 Å². The largest absolute Gasteiger partial charge is 0.381 e. The maximum atomic E-state index is 12.5. The Labute approximate surface area is 133 Å². The highest BCUT2D eigenvalue weighted by Gasteiger charge is 2.35. The van der Waals surface area contributed by atoms with Crippen molar-refractivity contribution in [3.8, 4) is 0 Å². The van der Waals surface area contributed by atoms with E-state index in [1.807, 2.05) is 30.3 Å². The summed E-state index contributed by atoms with van der Waals surface area (Å²) in [5, 5.41) is 11.5. The van der Waals surface area contributed by atoms with E-state index in [1.165, 1.54) is 31.8 Å². The Kier molecular flexibility index (Phi) is 5.98. The Morgan fingerprint density at radius 2 is 1.77 bits per heavy atom. The molecule has 1 N–H and O–H groups in total. The van der Waals surface area contributed by atoms with Gasteiger partial charge in [0.2, 0.25) is 0 Å². The summed E-state index contributed by atoms with van der Waals surface area (Å²) in [6.45, 7) is 3.38. The Morgan fingerprint density at radius 3 is 2.32 bits per heavy atom. The molecule has 122 valence electrons. The molecular weight excluding hydrogens is 278 g/mol. The van der Waals surface area contributed by atoms with Crippen LogP contribution in [-0.4, -0.2) is 27.7 Å². The van der Waals surface area contributed by atoms with E-state index in [0.717, 1.165) is 31.2 Å². The van der Waals surface area contributed by atoms with E-state index < -0.39 is 5.60 Å². The van der Waals surface area contributed by atoms with Gasteiger partial charge in [-0.05, 0) is 32.3 Å². The van der Waals surface area contributed by atoms with Gasteiger partial charge in [-0.3, -0.25) is 9.63 Å². The zero-order chi connectivity index (χ0) is 16.0.